The fraction of sp³-hybridized carbons (Fsp3) is 0.235. The monoisotopic (exact) mass is 643 g/mol. The van der Waals surface area contributed by atoms with Crippen LogP contribution in [0.3, 0.4) is 0 Å². The van der Waals surface area contributed by atoms with Crippen LogP contribution in [0.25, 0.3) is 22.2 Å². The average Bonchev–Trinajstić information content (AvgIpc) is 3.39. The Hall–Kier alpha value is -5.10. The summed E-state index contributed by atoms with van der Waals surface area (Å²) < 4.78 is 47.3. The predicted octanol–water partition coefficient (Wildman–Crippen LogP) is 4.32. The number of pyridine rings is 1. The number of nitrogens with zero attached hydrogens (tertiary/aromatic N) is 3. The molecule has 0 unspecified atom stereocenters. The molecule has 0 atom stereocenters. The van der Waals surface area contributed by atoms with Gasteiger partial charge in [0.2, 0.25) is 11.8 Å². The molecule has 0 bridgehead atoms. The van der Waals surface area contributed by atoms with Crippen LogP contribution >= 0.6 is 0 Å². The molecule has 3 aromatic carbocycles. The van der Waals surface area contributed by atoms with Gasteiger partial charge in [0.25, 0.3) is 15.6 Å². The minimum absolute atomic E-state index is 0.0189. The van der Waals surface area contributed by atoms with Gasteiger partial charge in [-0.2, -0.15) is 0 Å². The summed E-state index contributed by atoms with van der Waals surface area (Å²) in [6, 6.07) is 21.3. The van der Waals surface area contributed by atoms with Gasteiger partial charge in [-0.15, -0.1) is 0 Å². The van der Waals surface area contributed by atoms with Gasteiger partial charge in [-0.05, 0) is 42.2 Å². The van der Waals surface area contributed by atoms with Gasteiger partial charge in [0.05, 0.1) is 17.0 Å². The van der Waals surface area contributed by atoms with E-state index in [-0.39, 0.29) is 41.0 Å². The molecule has 0 aliphatic heterocycles. The van der Waals surface area contributed by atoms with Crippen LogP contribution in [0.15, 0.2) is 94.7 Å². The molecule has 0 aliphatic rings. The molecular weight excluding hydrogens is 609 g/mol. The molecule has 12 heteroatoms. The Balaban J connectivity index is 1.44. The van der Waals surface area contributed by atoms with Crippen molar-refractivity contribution in [3.8, 4) is 11.1 Å². The lowest BCUT2D eigenvalue weighted by Gasteiger charge is -2.14. The highest BCUT2D eigenvalue weighted by Gasteiger charge is 2.23. The topological polar surface area (TPSA) is 146 Å². The fourth-order valence-corrected chi connectivity index (χ4v) is 6.57. The van der Waals surface area contributed by atoms with Crippen molar-refractivity contribution in [1.29, 1.82) is 0 Å². The van der Waals surface area contributed by atoms with Gasteiger partial charge in [0, 0.05) is 30.2 Å². The molecular formula is C34H34FN5O5S. The number of hydrogen-bond acceptors (Lipinski definition) is 6. The van der Waals surface area contributed by atoms with Crippen molar-refractivity contribution in [3.63, 3.8) is 0 Å². The van der Waals surface area contributed by atoms with Crippen LogP contribution in [0.5, 0.6) is 0 Å². The quantitative estimate of drug-likeness (QED) is 0.196. The Morgan fingerprint density at radius 3 is 2.43 bits per heavy atom. The summed E-state index contributed by atoms with van der Waals surface area (Å²) in [5.41, 5.74) is 7.19. The maximum absolute atomic E-state index is 15.8. The number of rotatable bonds is 13. The van der Waals surface area contributed by atoms with E-state index >= 15 is 4.39 Å². The highest BCUT2D eigenvalue weighted by Crippen LogP contribution is 2.29. The Labute approximate surface area is 265 Å². The highest BCUT2D eigenvalue weighted by molar-refractivity contribution is 7.90. The largest absolute Gasteiger partial charge is 0.368 e. The lowest BCUT2D eigenvalue weighted by Crippen LogP contribution is -2.31. The van der Waals surface area contributed by atoms with Crippen LogP contribution < -0.4 is 16.0 Å². The van der Waals surface area contributed by atoms with Crippen LogP contribution in [0.1, 0.15) is 43.1 Å². The Morgan fingerprint density at radius 1 is 0.978 bits per heavy atom. The molecule has 2 heterocycles. The first kappa shape index (κ1) is 32.3. The zero-order chi connectivity index (χ0) is 32.8. The zero-order valence-corrected chi connectivity index (χ0v) is 26.1. The normalized spacial score (nSPS) is 11.5. The van der Waals surface area contributed by atoms with Crippen molar-refractivity contribution in [2.45, 2.75) is 57.0 Å². The Kier molecular flexibility index (Phi) is 9.76. The number of unbranched alkanes of at least 4 members (excludes halogenated alkanes) is 1. The van der Waals surface area contributed by atoms with Crippen LogP contribution in [-0.4, -0.2) is 34.4 Å². The molecule has 0 saturated heterocycles. The third kappa shape index (κ3) is 7.23. The van der Waals surface area contributed by atoms with Crippen molar-refractivity contribution in [1.82, 2.24) is 18.8 Å². The number of carbonyl (C=O) groups excluding carboxylic acids is 2. The molecule has 238 valence electrons. The van der Waals surface area contributed by atoms with Gasteiger partial charge in [-0.3, -0.25) is 14.4 Å². The maximum atomic E-state index is 15.8. The number of sulfonamides is 1. The molecule has 5 rings (SSSR count). The van der Waals surface area contributed by atoms with E-state index in [9.17, 15) is 22.8 Å². The molecule has 46 heavy (non-hydrogen) atoms. The summed E-state index contributed by atoms with van der Waals surface area (Å²) in [6.45, 7) is 1.71. The van der Waals surface area contributed by atoms with E-state index in [1.165, 1.54) is 35.0 Å². The molecule has 0 aliphatic carbocycles. The molecule has 0 saturated carbocycles. The summed E-state index contributed by atoms with van der Waals surface area (Å²) in [7, 11) is -4.27. The van der Waals surface area contributed by atoms with E-state index in [0.717, 1.165) is 18.4 Å². The van der Waals surface area contributed by atoms with Crippen molar-refractivity contribution in [2.24, 2.45) is 5.73 Å². The molecule has 0 spiro atoms. The van der Waals surface area contributed by atoms with E-state index in [4.69, 9.17) is 5.73 Å². The molecule has 2 aromatic heterocycles. The van der Waals surface area contributed by atoms with Crippen LogP contribution in [-0.2, 0) is 45.5 Å². The molecule has 2 amide bonds. The minimum atomic E-state index is -4.27. The number of benzene rings is 3. The smallest absolute Gasteiger partial charge is 0.277 e. The van der Waals surface area contributed by atoms with Crippen molar-refractivity contribution in [2.75, 3.05) is 0 Å². The number of aromatic nitrogens is 3. The molecule has 0 fully saturated rings. The number of nitrogens with one attached hydrogen (secondary N) is 1. The first-order valence-electron chi connectivity index (χ1n) is 14.9. The number of fused-ring (bicyclic) bond motifs is 1. The summed E-state index contributed by atoms with van der Waals surface area (Å²) in [5, 5.41) is 0. The number of primary amides is 1. The fourth-order valence-electron chi connectivity index (χ4n) is 5.32. The van der Waals surface area contributed by atoms with E-state index in [1.54, 1.807) is 28.8 Å². The van der Waals surface area contributed by atoms with Gasteiger partial charge >= 0.3 is 0 Å². The van der Waals surface area contributed by atoms with E-state index in [1.807, 2.05) is 37.3 Å². The number of imidazole rings is 1. The highest BCUT2D eigenvalue weighted by atomic mass is 32.2. The molecule has 3 N–H and O–H groups in total. The first-order chi connectivity index (χ1) is 22.1. The second kappa shape index (κ2) is 13.9. The number of amides is 2. The van der Waals surface area contributed by atoms with Gasteiger partial charge in [-0.25, -0.2) is 22.5 Å². The number of halogens is 1. The maximum Gasteiger partial charge on any atom is 0.277 e. The summed E-state index contributed by atoms with van der Waals surface area (Å²) in [5.74, 6) is -1.34. The van der Waals surface area contributed by atoms with Gasteiger partial charge in [0.1, 0.15) is 23.7 Å². The SMILES string of the molecule is CCCCc1nc2ccn(CC(N)=O)c(=O)c2n1Cc1ccc(-c2ccccc2S(=O)(=O)NC(=O)CCc2ccccc2)cc1F. The average molecular weight is 644 g/mol. The third-order valence-corrected chi connectivity index (χ3v) is 9.06. The van der Waals surface area contributed by atoms with E-state index in [2.05, 4.69) is 9.71 Å². The number of nitrogens with two attached hydrogens (primary N) is 1. The van der Waals surface area contributed by atoms with Crippen LogP contribution in [0, 0.1) is 5.82 Å². The second-order valence-corrected chi connectivity index (χ2v) is 12.6. The molecule has 0 radical (unpaired) electrons. The van der Waals surface area contributed by atoms with Gasteiger partial charge < -0.3 is 14.9 Å². The van der Waals surface area contributed by atoms with Crippen molar-refractivity contribution < 1.29 is 22.4 Å². The Bertz CT molecular complexity index is 2070. The van der Waals surface area contributed by atoms with Crippen molar-refractivity contribution in [3.05, 3.63) is 118 Å². The lowest BCUT2D eigenvalue weighted by molar-refractivity contribution is -0.119. The van der Waals surface area contributed by atoms with Gasteiger partial charge in [-0.1, -0.05) is 74.0 Å². The standard InChI is InChI=1S/C34H34FN5O5S/c1-2-3-13-31-37-28-18-19-39(22-30(36)41)34(43)33(28)40(31)21-25-16-15-24(20-27(25)35)26-11-7-8-12-29(26)46(44,45)38-32(42)17-14-23-9-5-4-6-10-23/h4-12,15-16,18-20H,2-3,13-14,17,21-22H2,1H3,(H2,36,41)(H,38,42). The third-order valence-electron chi connectivity index (χ3n) is 7.63. The van der Waals surface area contributed by atoms with E-state index in [0.29, 0.717) is 29.7 Å². The first-order valence-corrected chi connectivity index (χ1v) is 16.4. The number of hydrogen-bond donors (Lipinski definition) is 2. The van der Waals surface area contributed by atoms with Crippen LogP contribution in [0.4, 0.5) is 4.39 Å². The van der Waals surface area contributed by atoms with Crippen LogP contribution in [0.2, 0.25) is 0 Å². The predicted molar refractivity (Wildman–Crippen MR) is 173 cm³/mol. The summed E-state index contributed by atoms with van der Waals surface area (Å²) in [4.78, 5) is 41.9. The minimum Gasteiger partial charge on any atom is -0.368 e. The summed E-state index contributed by atoms with van der Waals surface area (Å²) in [6.07, 6.45) is 4.06. The Morgan fingerprint density at radius 2 is 1.72 bits per heavy atom. The van der Waals surface area contributed by atoms with E-state index < -0.39 is 33.2 Å². The lowest BCUT2D eigenvalue weighted by atomic mass is 10.0. The molecule has 5 aromatic rings. The van der Waals surface area contributed by atoms with Gasteiger partial charge in [0.15, 0.2) is 0 Å². The second-order valence-electron chi connectivity index (χ2n) is 11.0. The number of carbonyl (C=O) groups is 2. The zero-order valence-electron chi connectivity index (χ0n) is 25.3. The number of aryl methyl sites for hydroxylation is 2. The van der Waals surface area contributed by atoms with Crippen molar-refractivity contribution >= 4 is 32.9 Å². The molecule has 10 nitrogen and oxygen atoms in total. The summed E-state index contributed by atoms with van der Waals surface area (Å²) >= 11 is 0.